The zero-order valence-corrected chi connectivity index (χ0v) is 11.6. The quantitative estimate of drug-likeness (QED) is 0.860. The molecule has 0 saturated heterocycles. The van der Waals surface area contributed by atoms with Crippen molar-refractivity contribution in [3.8, 4) is 0 Å². The van der Waals surface area contributed by atoms with Gasteiger partial charge >= 0.3 is 0 Å². The molecule has 1 unspecified atom stereocenters. The second-order valence-electron chi connectivity index (χ2n) is 4.61. The van der Waals surface area contributed by atoms with E-state index >= 15 is 0 Å². The Labute approximate surface area is 113 Å². The molecule has 2 aromatic rings. The minimum absolute atomic E-state index is 0.129. The smallest absolute Gasteiger partial charge is 0.138 e. The fraction of sp³-hybridized carbons (Fsp3) is 0.500. The molecule has 0 spiro atoms. The van der Waals surface area contributed by atoms with Crippen LogP contribution in [0.5, 0.6) is 0 Å². The van der Waals surface area contributed by atoms with Gasteiger partial charge in [0, 0.05) is 19.2 Å². The van der Waals surface area contributed by atoms with E-state index in [2.05, 4.69) is 35.0 Å². The lowest BCUT2D eigenvalue weighted by atomic mass is 10.0. The Morgan fingerprint density at radius 2 is 2.16 bits per heavy atom. The summed E-state index contributed by atoms with van der Waals surface area (Å²) in [6, 6.07) is 3.91. The predicted molar refractivity (Wildman–Crippen MR) is 74.6 cm³/mol. The van der Waals surface area contributed by atoms with E-state index in [-0.39, 0.29) is 6.04 Å². The van der Waals surface area contributed by atoms with Gasteiger partial charge in [0.2, 0.25) is 0 Å². The number of rotatable bonds is 6. The summed E-state index contributed by atoms with van der Waals surface area (Å²) in [7, 11) is 0. The fourth-order valence-corrected chi connectivity index (χ4v) is 2.22. The molecule has 0 aliphatic heterocycles. The topological polar surface area (TPSA) is 69.6 Å². The second-order valence-corrected chi connectivity index (χ2v) is 4.61. The average Bonchev–Trinajstić information content (AvgIpc) is 2.86. The van der Waals surface area contributed by atoms with Gasteiger partial charge in [0.15, 0.2) is 0 Å². The van der Waals surface area contributed by atoms with Gasteiger partial charge in [0.1, 0.15) is 12.2 Å². The van der Waals surface area contributed by atoms with Gasteiger partial charge in [-0.3, -0.25) is 9.67 Å². The Kier molecular flexibility index (Phi) is 4.63. The molecule has 5 nitrogen and oxygen atoms in total. The Balaban J connectivity index is 2.16. The van der Waals surface area contributed by atoms with E-state index in [1.165, 1.54) is 5.56 Å². The first-order valence-electron chi connectivity index (χ1n) is 6.82. The van der Waals surface area contributed by atoms with Crippen LogP contribution in [0.2, 0.25) is 0 Å². The molecule has 2 rings (SSSR count). The maximum atomic E-state index is 6.28. The first-order valence-corrected chi connectivity index (χ1v) is 6.82. The van der Waals surface area contributed by atoms with E-state index in [0.717, 1.165) is 30.9 Å². The highest BCUT2D eigenvalue weighted by Crippen LogP contribution is 2.17. The molecule has 0 radical (unpaired) electrons. The predicted octanol–water partition coefficient (Wildman–Crippen LogP) is 1.89. The number of nitrogens with two attached hydrogens (primary N) is 1. The van der Waals surface area contributed by atoms with Gasteiger partial charge in [-0.1, -0.05) is 19.9 Å². The largest absolute Gasteiger partial charge is 0.322 e. The summed E-state index contributed by atoms with van der Waals surface area (Å²) in [6.07, 6.45) is 6.04. The monoisotopic (exact) mass is 259 g/mol. The minimum Gasteiger partial charge on any atom is -0.322 e. The van der Waals surface area contributed by atoms with E-state index in [1.54, 1.807) is 12.5 Å². The van der Waals surface area contributed by atoms with Crippen molar-refractivity contribution in [3.63, 3.8) is 0 Å². The summed E-state index contributed by atoms with van der Waals surface area (Å²) >= 11 is 0. The van der Waals surface area contributed by atoms with Crippen LogP contribution in [0.1, 0.15) is 43.4 Å². The molecule has 0 aromatic carbocycles. The summed E-state index contributed by atoms with van der Waals surface area (Å²) < 4.78 is 1.93. The second kappa shape index (κ2) is 6.43. The van der Waals surface area contributed by atoms with Crippen molar-refractivity contribution in [1.82, 2.24) is 19.7 Å². The van der Waals surface area contributed by atoms with Crippen molar-refractivity contribution < 1.29 is 0 Å². The number of aryl methyl sites for hydroxylation is 2. The van der Waals surface area contributed by atoms with Crippen molar-refractivity contribution in [3.05, 3.63) is 41.7 Å². The molecule has 0 aliphatic rings. The standard InChI is InChI=1S/C14H21N5/c1-3-8-19-13(17-10-18-19)9-12(15)14-11(4-2)6-5-7-16-14/h5-7,10,12H,3-4,8-9,15H2,1-2H3. The Bertz CT molecular complexity index is 520. The lowest BCUT2D eigenvalue weighted by molar-refractivity contribution is 0.543. The minimum atomic E-state index is -0.129. The zero-order chi connectivity index (χ0) is 13.7. The summed E-state index contributed by atoms with van der Waals surface area (Å²) in [5.41, 5.74) is 8.46. The van der Waals surface area contributed by atoms with Crippen LogP contribution in [0.15, 0.2) is 24.7 Å². The van der Waals surface area contributed by atoms with Crippen molar-refractivity contribution in [2.45, 2.75) is 45.7 Å². The van der Waals surface area contributed by atoms with Gasteiger partial charge in [0.05, 0.1) is 11.7 Å². The van der Waals surface area contributed by atoms with Crippen LogP contribution in [-0.2, 0) is 19.4 Å². The Hall–Kier alpha value is -1.75. The van der Waals surface area contributed by atoms with Gasteiger partial charge < -0.3 is 5.73 Å². The molecule has 0 fully saturated rings. The van der Waals surface area contributed by atoms with Gasteiger partial charge in [0.25, 0.3) is 0 Å². The highest BCUT2D eigenvalue weighted by Gasteiger charge is 2.15. The third kappa shape index (κ3) is 3.17. The van der Waals surface area contributed by atoms with E-state index < -0.39 is 0 Å². The molecule has 5 heteroatoms. The molecule has 102 valence electrons. The maximum Gasteiger partial charge on any atom is 0.138 e. The maximum absolute atomic E-state index is 6.28. The molecule has 2 aromatic heterocycles. The van der Waals surface area contributed by atoms with E-state index in [4.69, 9.17) is 5.73 Å². The fourth-order valence-electron chi connectivity index (χ4n) is 2.22. The lowest BCUT2D eigenvalue weighted by Crippen LogP contribution is -2.19. The van der Waals surface area contributed by atoms with E-state index in [1.807, 2.05) is 10.7 Å². The molecule has 0 aliphatic carbocycles. The van der Waals surface area contributed by atoms with Crippen molar-refractivity contribution in [1.29, 1.82) is 0 Å². The Morgan fingerprint density at radius 1 is 1.32 bits per heavy atom. The van der Waals surface area contributed by atoms with Gasteiger partial charge in [-0.2, -0.15) is 5.10 Å². The average molecular weight is 259 g/mol. The number of hydrogen-bond acceptors (Lipinski definition) is 4. The molecule has 0 amide bonds. The summed E-state index contributed by atoms with van der Waals surface area (Å²) in [4.78, 5) is 8.72. The van der Waals surface area contributed by atoms with Gasteiger partial charge in [-0.25, -0.2) is 4.98 Å². The molecule has 0 saturated carbocycles. The van der Waals surface area contributed by atoms with Crippen LogP contribution in [0, 0.1) is 0 Å². The molecule has 0 bridgehead atoms. The van der Waals surface area contributed by atoms with Crippen LogP contribution in [-0.4, -0.2) is 19.7 Å². The normalized spacial score (nSPS) is 12.6. The zero-order valence-electron chi connectivity index (χ0n) is 11.6. The summed E-state index contributed by atoms with van der Waals surface area (Å²) in [5.74, 6) is 0.932. The Morgan fingerprint density at radius 3 is 2.89 bits per heavy atom. The van der Waals surface area contributed by atoms with Crippen LogP contribution in [0.4, 0.5) is 0 Å². The number of pyridine rings is 1. The molecule has 19 heavy (non-hydrogen) atoms. The third-order valence-electron chi connectivity index (χ3n) is 3.19. The molecule has 2 heterocycles. The summed E-state index contributed by atoms with van der Waals surface area (Å²) in [5, 5.41) is 4.22. The van der Waals surface area contributed by atoms with Crippen molar-refractivity contribution >= 4 is 0 Å². The van der Waals surface area contributed by atoms with Crippen molar-refractivity contribution in [2.24, 2.45) is 5.73 Å². The van der Waals surface area contributed by atoms with Crippen LogP contribution in [0.25, 0.3) is 0 Å². The van der Waals surface area contributed by atoms with Crippen LogP contribution >= 0.6 is 0 Å². The van der Waals surface area contributed by atoms with Crippen molar-refractivity contribution in [2.75, 3.05) is 0 Å². The highest BCUT2D eigenvalue weighted by atomic mass is 15.3. The van der Waals surface area contributed by atoms with E-state index in [0.29, 0.717) is 6.42 Å². The number of aromatic nitrogens is 4. The molecule has 1 atom stereocenters. The van der Waals surface area contributed by atoms with Crippen LogP contribution < -0.4 is 5.73 Å². The SMILES string of the molecule is CCCn1ncnc1CC(N)c1ncccc1CC. The summed E-state index contributed by atoms with van der Waals surface area (Å²) in [6.45, 7) is 5.12. The highest BCUT2D eigenvalue weighted by molar-refractivity contribution is 5.23. The number of nitrogens with zero attached hydrogens (tertiary/aromatic N) is 4. The lowest BCUT2D eigenvalue weighted by Gasteiger charge is -2.14. The first kappa shape index (κ1) is 13.7. The van der Waals surface area contributed by atoms with Gasteiger partial charge in [-0.15, -0.1) is 0 Å². The first-order chi connectivity index (χ1) is 9.26. The molecule has 2 N–H and O–H groups in total. The van der Waals surface area contributed by atoms with Crippen LogP contribution in [0.3, 0.4) is 0 Å². The van der Waals surface area contributed by atoms with Gasteiger partial charge in [-0.05, 0) is 24.5 Å². The molecular weight excluding hydrogens is 238 g/mol. The number of hydrogen-bond donors (Lipinski definition) is 1. The molecular formula is C14H21N5. The van der Waals surface area contributed by atoms with E-state index in [9.17, 15) is 0 Å². The third-order valence-corrected chi connectivity index (χ3v) is 3.19.